The first kappa shape index (κ1) is 13.4. The third-order valence-electron chi connectivity index (χ3n) is 4.32. The number of halogens is 1. The van der Waals surface area contributed by atoms with Crippen LogP contribution in [-0.2, 0) is 10.1 Å². The highest BCUT2D eigenvalue weighted by Crippen LogP contribution is 2.40. The van der Waals surface area contributed by atoms with Crippen molar-refractivity contribution in [2.75, 3.05) is 6.61 Å². The molecule has 3 heteroatoms. The molecule has 1 aromatic carbocycles. The van der Waals surface area contributed by atoms with Crippen LogP contribution in [0.4, 0.5) is 0 Å². The fourth-order valence-electron chi connectivity index (χ4n) is 3.35. The van der Waals surface area contributed by atoms with E-state index in [1.54, 1.807) is 0 Å². The Morgan fingerprint density at radius 3 is 2.95 bits per heavy atom. The molecule has 104 valence electrons. The van der Waals surface area contributed by atoms with E-state index < -0.39 is 0 Å². The fourth-order valence-corrected chi connectivity index (χ4v) is 3.69. The molecule has 0 bridgehead atoms. The predicted molar refractivity (Wildman–Crippen MR) is 79.9 cm³/mol. The smallest absolute Gasteiger partial charge is 0.120 e. The normalized spacial score (nSPS) is 25.6. The number of hydrogen-bond acceptors (Lipinski definition) is 2. The number of benzene rings is 1. The minimum absolute atomic E-state index is 0.135. The van der Waals surface area contributed by atoms with Crippen molar-refractivity contribution >= 4 is 15.9 Å². The lowest BCUT2D eigenvalue weighted by molar-refractivity contribution is -0.108. The summed E-state index contributed by atoms with van der Waals surface area (Å²) in [5, 5.41) is 0.877. The van der Waals surface area contributed by atoms with Crippen molar-refractivity contribution in [3.63, 3.8) is 0 Å². The lowest BCUT2D eigenvalue weighted by Gasteiger charge is -2.38. The van der Waals surface area contributed by atoms with Gasteiger partial charge in [-0.1, -0.05) is 40.9 Å². The fraction of sp³-hybridized carbons (Fsp3) is 0.625. The second-order valence-corrected chi connectivity index (χ2v) is 6.31. The summed E-state index contributed by atoms with van der Waals surface area (Å²) in [5.41, 5.74) is 1.40. The zero-order chi connectivity index (χ0) is 13.1. The molecule has 1 heterocycles. The summed E-state index contributed by atoms with van der Waals surface area (Å²) in [5.74, 6) is 0.997. The molecule has 1 atom stereocenters. The first-order valence-electron chi connectivity index (χ1n) is 7.25. The van der Waals surface area contributed by atoms with Gasteiger partial charge in [0.2, 0.25) is 0 Å². The van der Waals surface area contributed by atoms with Crippen LogP contribution < -0.4 is 4.74 Å². The third-order valence-corrected chi connectivity index (χ3v) is 4.97. The average Bonchev–Trinajstić information content (AvgIpc) is 2.87. The van der Waals surface area contributed by atoms with Crippen molar-refractivity contribution in [2.24, 2.45) is 0 Å². The third kappa shape index (κ3) is 3.14. The van der Waals surface area contributed by atoms with Crippen LogP contribution in [0.25, 0.3) is 0 Å². The van der Waals surface area contributed by atoms with Crippen LogP contribution in [0, 0.1) is 0 Å². The van der Waals surface area contributed by atoms with Crippen LogP contribution in [0.1, 0.15) is 44.1 Å². The van der Waals surface area contributed by atoms with Crippen molar-refractivity contribution in [3.05, 3.63) is 29.8 Å². The maximum Gasteiger partial charge on any atom is 0.120 e. The molecular weight excluding hydrogens is 304 g/mol. The summed E-state index contributed by atoms with van der Waals surface area (Å²) in [6, 6.07) is 8.37. The van der Waals surface area contributed by atoms with E-state index in [9.17, 15) is 0 Å². The van der Waals surface area contributed by atoms with Crippen LogP contribution in [0.15, 0.2) is 24.3 Å². The molecule has 0 N–H and O–H groups in total. The Bertz CT molecular complexity index is 427. The molecule has 0 radical (unpaired) electrons. The van der Waals surface area contributed by atoms with Crippen molar-refractivity contribution < 1.29 is 9.47 Å². The summed E-state index contributed by atoms with van der Waals surface area (Å²) < 4.78 is 12.2. The molecule has 0 amide bonds. The average molecular weight is 325 g/mol. The first-order valence-corrected chi connectivity index (χ1v) is 8.37. The number of alkyl halides is 1. The Kier molecular flexibility index (Phi) is 4.13. The van der Waals surface area contributed by atoms with E-state index in [0.29, 0.717) is 6.10 Å². The molecule has 19 heavy (non-hydrogen) atoms. The van der Waals surface area contributed by atoms with Gasteiger partial charge in [0.25, 0.3) is 0 Å². The Labute approximate surface area is 123 Å². The summed E-state index contributed by atoms with van der Waals surface area (Å²) in [6.45, 7) is 0.850. The van der Waals surface area contributed by atoms with E-state index in [1.165, 1.54) is 31.2 Å². The van der Waals surface area contributed by atoms with Gasteiger partial charge in [-0.3, -0.25) is 0 Å². The summed E-state index contributed by atoms with van der Waals surface area (Å²) in [7, 11) is 0. The molecule has 2 aliphatic rings. The minimum Gasteiger partial charge on any atom is -0.490 e. The molecule has 2 fully saturated rings. The lowest BCUT2D eigenvalue weighted by Crippen LogP contribution is -2.41. The molecular formula is C16H21BrO2. The molecule has 1 saturated heterocycles. The first-order chi connectivity index (χ1) is 9.30. The Hall–Kier alpha value is -0.540. The molecule has 1 unspecified atom stereocenters. The van der Waals surface area contributed by atoms with E-state index in [0.717, 1.165) is 30.5 Å². The second kappa shape index (κ2) is 5.84. The Balaban J connectivity index is 1.65. The predicted octanol–water partition coefficient (Wildman–Crippen LogP) is 4.45. The summed E-state index contributed by atoms with van der Waals surface area (Å²) in [6.07, 6.45) is 7.45. The molecule has 2 nitrogen and oxygen atoms in total. The van der Waals surface area contributed by atoms with Gasteiger partial charge < -0.3 is 9.47 Å². The van der Waals surface area contributed by atoms with E-state index in [4.69, 9.17) is 9.47 Å². The standard InChI is InChI=1S/C16H21BrO2/c17-12-13-4-3-5-14(10-13)19-15-6-9-18-16(11-15)7-1-2-8-16/h3-5,10,15H,1-2,6-9,11-12H2. The summed E-state index contributed by atoms with van der Waals surface area (Å²) in [4.78, 5) is 0. The van der Waals surface area contributed by atoms with Crippen molar-refractivity contribution in [1.29, 1.82) is 0 Å². The maximum atomic E-state index is 6.18. The van der Waals surface area contributed by atoms with Gasteiger partial charge in [0, 0.05) is 18.2 Å². The highest BCUT2D eigenvalue weighted by molar-refractivity contribution is 9.08. The van der Waals surface area contributed by atoms with Gasteiger partial charge in [-0.2, -0.15) is 0 Å². The number of rotatable bonds is 3. The van der Waals surface area contributed by atoms with Crippen molar-refractivity contribution in [2.45, 2.75) is 55.6 Å². The van der Waals surface area contributed by atoms with Gasteiger partial charge in [-0.25, -0.2) is 0 Å². The molecule has 1 aromatic rings. The van der Waals surface area contributed by atoms with Gasteiger partial charge in [-0.05, 0) is 30.5 Å². The van der Waals surface area contributed by atoms with Gasteiger partial charge in [0.05, 0.1) is 12.2 Å². The zero-order valence-corrected chi connectivity index (χ0v) is 12.8. The number of ether oxygens (including phenoxy) is 2. The topological polar surface area (TPSA) is 18.5 Å². The lowest BCUT2D eigenvalue weighted by atomic mass is 9.90. The Morgan fingerprint density at radius 2 is 2.16 bits per heavy atom. The van der Waals surface area contributed by atoms with Gasteiger partial charge in [0.15, 0.2) is 0 Å². The van der Waals surface area contributed by atoms with Crippen LogP contribution >= 0.6 is 15.9 Å². The monoisotopic (exact) mass is 324 g/mol. The van der Waals surface area contributed by atoms with E-state index in [2.05, 4.69) is 40.2 Å². The van der Waals surface area contributed by atoms with E-state index in [-0.39, 0.29) is 5.60 Å². The van der Waals surface area contributed by atoms with Crippen molar-refractivity contribution in [3.8, 4) is 5.75 Å². The molecule has 1 aliphatic carbocycles. The van der Waals surface area contributed by atoms with E-state index >= 15 is 0 Å². The van der Waals surface area contributed by atoms with Gasteiger partial charge in [-0.15, -0.1) is 0 Å². The highest BCUT2D eigenvalue weighted by Gasteiger charge is 2.40. The largest absolute Gasteiger partial charge is 0.490 e. The quantitative estimate of drug-likeness (QED) is 0.764. The van der Waals surface area contributed by atoms with Crippen LogP contribution in [-0.4, -0.2) is 18.3 Å². The molecule has 0 aromatic heterocycles. The van der Waals surface area contributed by atoms with E-state index in [1.807, 2.05) is 0 Å². The highest BCUT2D eigenvalue weighted by atomic mass is 79.9. The molecule has 1 aliphatic heterocycles. The van der Waals surface area contributed by atoms with Gasteiger partial charge >= 0.3 is 0 Å². The SMILES string of the molecule is BrCc1cccc(OC2CCOC3(CCCC3)C2)c1. The van der Waals surface area contributed by atoms with Crippen LogP contribution in [0.2, 0.25) is 0 Å². The second-order valence-electron chi connectivity index (χ2n) is 5.75. The zero-order valence-electron chi connectivity index (χ0n) is 11.2. The molecule has 3 rings (SSSR count). The van der Waals surface area contributed by atoms with Gasteiger partial charge in [0.1, 0.15) is 11.9 Å². The number of hydrogen-bond donors (Lipinski definition) is 0. The van der Waals surface area contributed by atoms with Crippen molar-refractivity contribution in [1.82, 2.24) is 0 Å². The summed E-state index contributed by atoms with van der Waals surface area (Å²) >= 11 is 3.49. The molecule has 1 spiro atoms. The van der Waals surface area contributed by atoms with Crippen LogP contribution in [0.3, 0.4) is 0 Å². The minimum atomic E-state index is 0.135. The Morgan fingerprint density at radius 1 is 1.32 bits per heavy atom. The molecule has 1 saturated carbocycles. The van der Waals surface area contributed by atoms with Crippen LogP contribution in [0.5, 0.6) is 5.75 Å². The maximum absolute atomic E-state index is 6.18.